The summed E-state index contributed by atoms with van der Waals surface area (Å²) in [5, 5.41) is 0. The Morgan fingerprint density at radius 2 is 2.50 bits per heavy atom. The van der Waals surface area contributed by atoms with Gasteiger partial charge in [0.05, 0.1) is 12.7 Å². The van der Waals surface area contributed by atoms with Crippen LogP contribution in [-0.4, -0.2) is 37.7 Å². The summed E-state index contributed by atoms with van der Waals surface area (Å²) in [6.45, 7) is 2.58. The molecule has 0 aliphatic carbocycles. The van der Waals surface area contributed by atoms with E-state index in [0.29, 0.717) is 18.0 Å². The van der Waals surface area contributed by atoms with Crippen LogP contribution in [0.15, 0.2) is 18.3 Å². The molecule has 1 aromatic heterocycles. The molecule has 0 spiro atoms. The highest BCUT2D eigenvalue weighted by Crippen LogP contribution is 2.21. The van der Waals surface area contributed by atoms with Crippen LogP contribution in [-0.2, 0) is 4.74 Å². The third-order valence-corrected chi connectivity index (χ3v) is 3.34. The predicted molar refractivity (Wildman–Crippen MR) is 69.6 cm³/mol. The maximum Gasteiger partial charge on any atom is 0.338 e. The van der Waals surface area contributed by atoms with Crippen molar-refractivity contribution in [2.45, 2.75) is 12.8 Å². The standard InChI is InChI=1S/C13H19N3O2/c1-18-13(17)11-4-5-15-12(7-11)16-6-2-3-10(8-14)9-16/h4-5,7,10H,2-3,6,8-9,14H2,1H3. The van der Waals surface area contributed by atoms with Gasteiger partial charge in [0.15, 0.2) is 0 Å². The number of anilines is 1. The monoisotopic (exact) mass is 249 g/mol. The Morgan fingerprint density at radius 1 is 1.67 bits per heavy atom. The molecule has 98 valence electrons. The summed E-state index contributed by atoms with van der Waals surface area (Å²) in [6.07, 6.45) is 3.93. The fourth-order valence-corrected chi connectivity index (χ4v) is 2.30. The Morgan fingerprint density at radius 3 is 3.22 bits per heavy atom. The molecule has 1 aromatic rings. The molecule has 0 radical (unpaired) electrons. The first-order chi connectivity index (χ1) is 8.74. The second-order valence-corrected chi connectivity index (χ2v) is 4.58. The van der Waals surface area contributed by atoms with Gasteiger partial charge in [0.2, 0.25) is 0 Å². The van der Waals surface area contributed by atoms with Crippen LogP contribution in [0.5, 0.6) is 0 Å². The molecule has 1 aliphatic heterocycles. The highest BCUT2D eigenvalue weighted by Gasteiger charge is 2.20. The molecule has 1 fully saturated rings. The Kier molecular flexibility index (Phi) is 4.15. The Balaban J connectivity index is 2.15. The van der Waals surface area contributed by atoms with Crippen molar-refractivity contribution in [2.75, 3.05) is 31.6 Å². The minimum absolute atomic E-state index is 0.328. The summed E-state index contributed by atoms with van der Waals surface area (Å²) in [4.78, 5) is 18.0. The molecular formula is C13H19N3O2. The third-order valence-electron chi connectivity index (χ3n) is 3.34. The number of carbonyl (C=O) groups excluding carboxylic acids is 1. The van der Waals surface area contributed by atoms with Gasteiger partial charge in [0.25, 0.3) is 0 Å². The maximum absolute atomic E-state index is 11.5. The minimum Gasteiger partial charge on any atom is -0.465 e. The summed E-state index contributed by atoms with van der Waals surface area (Å²) in [5.74, 6) is 1.02. The van der Waals surface area contributed by atoms with E-state index in [-0.39, 0.29) is 5.97 Å². The number of esters is 1. The first kappa shape index (κ1) is 12.8. The van der Waals surface area contributed by atoms with Crippen molar-refractivity contribution in [1.29, 1.82) is 0 Å². The van der Waals surface area contributed by atoms with Gasteiger partial charge < -0.3 is 15.4 Å². The van der Waals surface area contributed by atoms with Gasteiger partial charge in [0, 0.05) is 19.3 Å². The van der Waals surface area contributed by atoms with Crippen molar-refractivity contribution in [3.05, 3.63) is 23.9 Å². The average Bonchev–Trinajstić information content (AvgIpc) is 2.46. The fourth-order valence-electron chi connectivity index (χ4n) is 2.30. The zero-order valence-electron chi connectivity index (χ0n) is 10.6. The molecule has 1 unspecified atom stereocenters. The van der Waals surface area contributed by atoms with Gasteiger partial charge in [-0.3, -0.25) is 0 Å². The van der Waals surface area contributed by atoms with Crippen molar-refractivity contribution >= 4 is 11.8 Å². The smallest absolute Gasteiger partial charge is 0.338 e. The van der Waals surface area contributed by atoms with Crippen molar-refractivity contribution in [1.82, 2.24) is 4.98 Å². The van der Waals surface area contributed by atoms with E-state index in [1.807, 2.05) is 0 Å². The molecule has 5 heteroatoms. The summed E-state index contributed by atoms with van der Waals surface area (Å²) >= 11 is 0. The molecule has 2 rings (SSSR count). The number of piperidine rings is 1. The number of carbonyl (C=O) groups is 1. The fraction of sp³-hybridized carbons (Fsp3) is 0.538. The number of pyridine rings is 1. The van der Waals surface area contributed by atoms with Crippen LogP contribution in [0, 0.1) is 5.92 Å². The number of hydrogen-bond acceptors (Lipinski definition) is 5. The molecule has 2 N–H and O–H groups in total. The summed E-state index contributed by atoms with van der Waals surface area (Å²) in [7, 11) is 1.38. The lowest BCUT2D eigenvalue weighted by atomic mass is 9.98. The van der Waals surface area contributed by atoms with Crippen LogP contribution >= 0.6 is 0 Å². The van der Waals surface area contributed by atoms with Crippen LogP contribution in [0.2, 0.25) is 0 Å². The van der Waals surface area contributed by atoms with E-state index in [1.165, 1.54) is 13.5 Å². The summed E-state index contributed by atoms with van der Waals surface area (Å²) < 4.78 is 4.72. The molecule has 5 nitrogen and oxygen atoms in total. The van der Waals surface area contributed by atoms with Crippen LogP contribution in [0.25, 0.3) is 0 Å². The van der Waals surface area contributed by atoms with E-state index in [9.17, 15) is 4.79 Å². The molecule has 2 heterocycles. The molecule has 18 heavy (non-hydrogen) atoms. The van der Waals surface area contributed by atoms with Gasteiger partial charge in [-0.05, 0) is 37.4 Å². The Labute approximate surface area is 107 Å². The topological polar surface area (TPSA) is 68.5 Å². The molecule has 1 saturated heterocycles. The van der Waals surface area contributed by atoms with E-state index < -0.39 is 0 Å². The highest BCUT2D eigenvalue weighted by atomic mass is 16.5. The largest absolute Gasteiger partial charge is 0.465 e. The van der Waals surface area contributed by atoms with E-state index in [2.05, 4.69) is 9.88 Å². The van der Waals surface area contributed by atoms with E-state index in [4.69, 9.17) is 10.5 Å². The van der Waals surface area contributed by atoms with Crippen LogP contribution in [0.4, 0.5) is 5.82 Å². The highest BCUT2D eigenvalue weighted by molar-refractivity contribution is 5.90. The molecule has 0 aromatic carbocycles. The number of nitrogens with two attached hydrogens (primary N) is 1. The number of hydrogen-bond donors (Lipinski definition) is 1. The predicted octanol–water partition coefficient (Wildman–Crippen LogP) is 1.04. The lowest BCUT2D eigenvalue weighted by Gasteiger charge is -2.33. The molecule has 1 atom stereocenters. The first-order valence-electron chi connectivity index (χ1n) is 6.24. The lowest BCUT2D eigenvalue weighted by molar-refractivity contribution is 0.0600. The number of methoxy groups -OCH3 is 1. The van der Waals surface area contributed by atoms with Gasteiger partial charge in [-0.2, -0.15) is 0 Å². The second kappa shape index (κ2) is 5.82. The zero-order chi connectivity index (χ0) is 13.0. The maximum atomic E-state index is 11.5. The molecule has 0 bridgehead atoms. The molecule has 1 aliphatic rings. The number of nitrogens with zero attached hydrogens (tertiary/aromatic N) is 2. The van der Waals surface area contributed by atoms with E-state index in [1.54, 1.807) is 18.3 Å². The van der Waals surface area contributed by atoms with Crippen molar-refractivity contribution in [2.24, 2.45) is 11.7 Å². The second-order valence-electron chi connectivity index (χ2n) is 4.58. The Bertz CT molecular complexity index is 422. The van der Waals surface area contributed by atoms with Gasteiger partial charge in [-0.15, -0.1) is 0 Å². The number of rotatable bonds is 3. The van der Waals surface area contributed by atoms with E-state index >= 15 is 0 Å². The van der Waals surface area contributed by atoms with E-state index in [0.717, 1.165) is 25.3 Å². The van der Waals surface area contributed by atoms with Crippen LogP contribution in [0.3, 0.4) is 0 Å². The third kappa shape index (κ3) is 2.79. The average molecular weight is 249 g/mol. The van der Waals surface area contributed by atoms with Gasteiger partial charge >= 0.3 is 5.97 Å². The van der Waals surface area contributed by atoms with Gasteiger partial charge in [-0.25, -0.2) is 9.78 Å². The van der Waals surface area contributed by atoms with Crippen LogP contribution in [0.1, 0.15) is 23.2 Å². The lowest BCUT2D eigenvalue weighted by Crippen LogP contribution is -2.38. The van der Waals surface area contributed by atoms with Gasteiger partial charge in [0.1, 0.15) is 5.82 Å². The normalized spacial score (nSPS) is 19.7. The molecule has 0 amide bonds. The molecule has 0 saturated carbocycles. The van der Waals surface area contributed by atoms with Gasteiger partial charge in [-0.1, -0.05) is 0 Å². The van der Waals surface area contributed by atoms with Crippen molar-refractivity contribution in [3.8, 4) is 0 Å². The summed E-state index contributed by atoms with van der Waals surface area (Å²) in [6, 6.07) is 3.45. The van der Waals surface area contributed by atoms with Crippen molar-refractivity contribution < 1.29 is 9.53 Å². The minimum atomic E-state index is -0.328. The first-order valence-corrected chi connectivity index (χ1v) is 6.24. The number of ether oxygens (including phenoxy) is 1. The zero-order valence-corrected chi connectivity index (χ0v) is 10.6. The van der Waals surface area contributed by atoms with Crippen molar-refractivity contribution in [3.63, 3.8) is 0 Å². The SMILES string of the molecule is COC(=O)c1ccnc(N2CCCC(CN)C2)c1. The number of aromatic nitrogens is 1. The van der Waals surface area contributed by atoms with Crippen LogP contribution < -0.4 is 10.6 Å². The Hall–Kier alpha value is -1.62. The quantitative estimate of drug-likeness (QED) is 0.811. The molecular weight excluding hydrogens is 230 g/mol. The summed E-state index contributed by atoms with van der Waals surface area (Å²) in [5.41, 5.74) is 6.26.